The number of carbonyl (C=O) groups is 2. The molecule has 0 atom stereocenters. The molecule has 3 rings (SSSR count). The second kappa shape index (κ2) is 10.5. The van der Waals surface area contributed by atoms with Gasteiger partial charge in [0.1, 0.15) is 5.75 Å². The number of rotatable bonds is 7. The highest BCUT2D eigenvalue weighted by atomic mass is 127. The normalized spacial score (nSPS) is 10.9. The Morgan fingerprint density at radius 2 is 1.57 bits per heavy atom. The van der Waals surface area contributed by atoms with Crippen molar-refractivity contribution >= 4 is 40.6 Å². The Labute approximate surface area is 188 Å². The lowest BCUT2D eigenvalue weighted by atomic mass is 9.90. The predicted molar refractivity (Wildman–Crippen MR) is 124 cm³/mol. The van der Waals surface area contributed by atoms with Crippen molar-refractivity contribution < 1.29 is 14.7 Å². The molecule has 0 fully saturated rings. The summed E-state index contributed by atoms with van der Waals surface area (Å²) in [6.45, 7) is -0.195. The first-order valence-corrected chi connectivity index (χ1v) is 10.3. The second-order valence-corrected chi connectivity index (χ2v) is 7.64. The van der Waals surface area contributed by atoms with Crippen LogP contribution in [0, 0.1) is 3.57 Å². The van der Waals surface area contributed by atoms with Gasteiger partial charge in [-0.3, -0.25) is 9.59 Å². The number of amides is 2. The number of hydrogen-bond donors (Lipinski definition) is 3. The number of benzene rings is 3. The number of nitrogens with one attached hydrogen (secondary N) is 2. The van der Waals surface area contributed by atoms with E-state index < -0.39 is 11.8 Å². The van der Waals surface area contributed by atoms with Crippen molar-refractivity contribution in [2.24, 2.45) is 5.10 Å². The van der Waals surface area contributed by atoms with E-state index in [0.29, 0.717) is 3.57 Å². The Bertz CT molecular complexity index is 1000. The SMILES string of the molecule is O=C(CNC(=O)C(c1ccccc1)c1ccccc1)N/N=C\c1ccc(O)c(I)c1. The summed E-state index contributed by atoms with van der Waals surface area (Å²) in [6.07, 6.45) is 1.47. The zero-order chi connectivity index (χ0) is 21.3. The van der Waals surface area contributed by atoms with Crippen LogP contribution in [0.5, 0.6) is 5.75 Å². The molecule has 0 bridgehead atoms. The smallest absolute Gasteiger partial charge is 0.259 e. The lowest BCUT2D eigenvalue weighted by molar-refractivity contribution is -0.126. The molecule has 3 N–H and O–H groups in total. The fraction of sp³-hybridized carbons (Fsp3) is 0.0870. The molecule has 6 nitrogen and oxygen atoms in total. The molecule has 0 heterocycles. The van der Waals surface area contributed by atoms with Crippen LogP contribution in [0.3, 0.4) is 0 Å². The Balaban J connectivity index is 1.60. The highest BCUT2D eigenvalue weighted by molar-refractivity contribution is 14.1. The van der Waals surface area contributed by atoms with Crippen molar-refractivity contribution in [2.75, 3.05) is 6.54 Å². The van der Waals surface area contributed by atoms with E-state index in [4.69, 9.17) is 0 Å². The van der Waals surface area contributed by atoms with E-state index >= 15 is 0 Å². The monoisotopic (exact) mass is 513 g/mol. The van der Waals surface area contributed by atoms with E-state index in [1.54, 1.807) is 18.2 Å². The van der Waals surface area contributed by atoms with E-state index in [1.807, 2.05) is 83.3 Å². The molecule has 3 aromatic carbocycles. The van der Waals surface area contributed by atoms with Gasteiger partial charge in [0.05, 0.1) is 22.2 Å². The van der Waals surface area contributed by atoms with Crippen LogP contribution < -0.4 is 10.7 Å². The Morgan fingerprint density at radius 1 is 0.967 bits per heavy atom. The zero-order valence-electron chi connectivity index (χ0n) is 16.0. The molecule has 3 aromatic rings. The van der Waals surface area contributed by atoms with Crippen molar-refractivity contribution in [3.63, 3.8) is 0 Å². The molecule has 0 aliphatic carbocycles. The van der Waals surface area contributed by atoms with Gasteiger partial charge < -0.3 is 10.4 Å². The molecular weight excluding hydrogens is 493 g/mol. The molecule has 7 heteroatoms. The van der Waals surface area contributed by atoms with Crippen molar-refractivity contribution in [2.45, 2.75) is 5.92 Å². The molecule has 152 valence electrons. The molecule has 0 unspecified atom stereocenters. The fourth-order valence-corrected chi connectivity index (χ4v) is 3.42. The first-order chi connectivity index (χ1) is 14.5. The van der Waals surface area contributed by atoms with Crippen LogP contribution in [0.15, 0.2) is 84.0 Å². The molecule has 0 radical (unpaired) electrons. The summed E-state index contributed by atoms with van der Waals surface area (Å²) in [7, 11) is 0. The van der Waals surface area contributed by atoms with Gasteiger partial charge in [-0.1, -0.05) is 60.7 Å². The minimum atomic E-state index is -0.511. The van der Waals surface area contributed by atoms with Gasteiger partial charge in [-0.2, -0.15) is 5.10 Å². The van der Waals surface area contributed by atoms with Crippen molar-refractivity contribution in [1.82, 2.24) is 10.7 Å². The number of phenolic OH excluding ortho intramolecular Hbond substituents is 1. The summed E-state index contributed by atoms with van der Waals surface area (Å²) in [6, 6.07) is 23.8. The predicted octanol–water partition coefficient (Wildman–Crippen LogP) is 3.40. The molecular formula is C23H20IN3O3. The van der Waals surface area contributed by atoms with Gasteiger partial charge in [0.25, 0.3) is 5.91 Å². The quantitative estimate of drug-likeness (QED) is 0.257. The van der Waals surface area contributed by atoms with E-state index in [9.17, 15) is 14.7 Å². The highest BCUT2D eigenvalue weighted by Crippen LogP contribution is 2.24. The van der Waals surface area contributed by atoms with Crippen LogP contribution in [-0.2, 0) is 9.59 Å². The van der Waals surface area contributed by atoms with Crippen LogP contribution in [-0.4, -0.2) is 29.7 Å². The van der Waals surface area contributed by atoms with Gasteiger partial charge in [-0.05, 0) is 57.5 Å². The van der Waals surface area contributed by atoms with Crippen molar-refractivity contribution in [3.05, 3.63) is 99.1 Å². The van der Waals surface area contributed by atoms with Crippen LogP contribution in [0.1, 0.15) is 22.6 Å². The third-order valence-corrected chi connectivity index (χ3v) is 5.19. The molecule has 0 aliphatic rings. The summed E-state index contributed by atoms with van der Waals surface area (Å²) in [4.78, 5) is 24.9. The number of carbonyl (C=O) groups excluding carboxylic acids is 2. The lowest BCUT2D eigenvalue weighted by Gasteiger charge is -2.17. The molecule has 30 heavy (non-hydrogen) atoms. The molecule has 0 saturated carbocycles. The molecule has 0 aliphatic heterocycles. The minimum absolute atomic E-state index is 0.186. The summed E-state index contributed by atoms with van der Waals surface area (Å²) in [5.74, 6) is -1.03. The van der Waals surface area contributed by atoms with Crippen LogP contribution in [0.2, 0.25) is 0 Å². The number of hydrazone groups is 1. The minimum Gasteiger partial charge on any atom is -0.507 e. The summed E-state index contributed by atoms with van der Waals surface area (Å²) in [5.41, 5.74) is 4.82. The fourth-order valence-electron chi connectivity index (χ4n) is 2.88. The summed E-state index contributed by atoms with van der Waals surface area (Å²) in [5, 5.41) is 16.1. The van der Waals surface area contributed by atoms with Gasteiger partial charge in [0.15, 0.2) is 0 Å². The van der Waals surface area contributed by atoms with Crippen molar-refractivity contribution in [3.8, 4) is 5.75 Å². The number of nitrogens with zero attached hydrogens (tertiary/aromatic N) is 1. The number of phenols is 1. The first kappa shape index (κ1) is 21.5. The largest absolute Gasteiger partial charge is 0.507 e. The van der Waals surface area contributed by atoms with Crippen LogP contribution in [0.25, 0.3) is 0 Å². The van der Waals surface area contributed by atoms with Gasteiger partial charge >= 0.3 is 0 Å². The average Bonchev–Trinajstić information content (AvgIpc) is 2.76. The van der Waals surface area contributed by atoms with Gasteiger partial charge in [0, 0.05) is 0 Å². The third kappa shape index (κ3) is 5.90. The zero-order valence-corrected chi connectivity index (χ0v) is 18.1. The molecule has 0 saturated heterocycles. The summed E-state index contributed by atoms with van der Waals surface area (Å²) < 4.78 is 0.683. The molecule has 0 spiro atoms. The number of hydrogen-bond acceptors (Lipinski definition) is 4. The van der Waals surface area contributed by atoms with Crippen molar-refractivity contribution in [1.29, 1.82) is 0 Å². The van der Waals surface area contributed by atoms with E-state index in [2.05, 4.69) is 15.8 Å². The first-order valence-electron chi connectivity index (χ1n) is 9.22. The molecule has 0 aromatic heterocycles. The van der Waals surface area contributed by atoms with Gasteiger partial charge in [0.2, 0.25) is 5.91 Å². The average molecular weight is 513 g/mol. The number of aromatic hydroxyl groups is 1. The molecule has 2 amide bonds. The Hall–Kier alpha value is -3.20. The van der Waals surface area contributed by atoms with Gasteiger partial charge in [-0.15, -0.1) is 0 Å². The van der Waals surface area contributed by atoms with E-state index in [-0.39, 0.29) is 18.2 Å². The van der Waals surface area contributed by atoms with E-state index in [0.717, 1.165) is 16.7 Å². The second-order valence-electron chi connectivity index (χ2n) is 6.48. The topological polar surface area (TPSA) is 90.8 Å². The Kier molecular flexibility index (Phi) is 7.56. The third-order valence-electron chi connectivity index (χ3n) is 4.33. The maximum absolute atomic E-state index is 12.9. The maximum Gasteiger partial charge on any atom is 0.259 e. The lowest BCUT2D eigenvalue weighted by Crippen LogP contribution is -2.37. The van der Waals surface area contributed by atoms with Crippen LogP contribution >= 0.6 is 22.6 Å². The van der Waals surface area contributed by atoms with E-state index in [1.165, 1.54) is 6.21 Å². The van der Waals surface area contributed by atoms with Gasteiger partial charge in [-0.25, -0.2) is 5.43 Å². The van der Waals surface area contributed by atoms with Crippen LogP contribution in [0.4, 0.5) is 0 Å². The Morgan fingerprint density at radius 3 is 2.13 bits per heavy atom. The highest BCUT2D eigenvalue weighted by Gasteiger charge is 2.22. The maximum atomic E-state index is 12.9. The summed E-state index contributed by atoms with van der Waals surface area (Å²) >= 11 is 2.00. The standard InChI is InChI=1S/C23H20IN3O3/c24-19-13-16(11-12-20(19)28)14-26-27-21(29)15-25-23(30)22(17-7-3-1-4-8-17)18-9-5-2-6-10-18/h1-14,22,28H,15H2,(H,25,30)(H,27,29)/b26-14-. The number of halogens is 1.